The van der Waals surface area contributed by atoms with Crippen LogP contribution in [0.2, 0.25) is 0 Å². The summed E-state index contributed by atoms with van der Waals surface area (Å²) in [6.07, 6.45) is -0.810. The van der Waals surface area contributed by atoms with Crippen molar-refractivity contribution in [1.29, 1.82) is 0 Å². The maximum atomic E-state index is 13.1. The Morgan fingerprint density at radius 2 is 1.37 bits per heavy atom. The SMILES string of the molecule is NC(=O)CCC(N)C(=O)NC(Cc1ccccc1)C(=O)NC(CC(N)=O)C(=O)NC(CS)C(=O)O. The van der Waals surface area contributed by atoms with Gasteiger partial charge in [0, 0.05) is 18.6 Å². The van der Waals surface area contributed by atoms with Gasteiger partial charge in [-0.1, -0.05) is 30.3 Å². The summed E-state index contributed by atoms with van der Waals surface area (Å²) in [4.78, 5) is 71.8. The molecule has 35 heavy (non-hydrogen) atoms. The van der Waals surface area contributed by atoms with E-state index in [1.807, 2.05) is 0 Å². The Hall–Kier alpha value is -3.65. The maximum absolute atomic E-state index is 13.1. The lowest BCUT2D eigenvalue weighted by Gasteiger charge is -2.24. The highest BCUT2D eigenvalue weighted by atomic mass is 32.1. The van der Waals surface area contributed by atoms with Crippen LogP contribution in [0.5, 0.6) is 0 Å². The van der Waals surface area contributed by atoms with Crippen molar-refractivity contribution >= 4 is 48.1 Å². The lowest BCUT2D eigenvalue weighted by Crippen LogP contribution is -2.58. The molecule has 13 nitrogen and oxygen atoms in total. The molecule has 0 aliphatic heterocycles. The van der Waals surface area contributed by atoms with Crippen molar-refractivity contribution in [2.24, 2.45) is 17.2 Å². The second-order valence-electron chi connectivity index (χ2n) is 7.68. The van der Waals surface area contributed by atoms with E-state index in [2.05, 4.69) is 28.6 Å². The number of rotatable bonds is 15. The van der Waals surface area contributed by atoms with Crippen LogP contribution in [0.15, 0.2) is 30.3 Å². The molecule has 0 saturated heterocycles. The zero-order valence-electron chi connectivity index (χ0n) is 18.8. The van der Waals surface area contributed by atoms with Gasteiger partial charge in [0.2, 0.25) is 29.5 Å². The van der Waals surface area contributed by atoms with E-state index in [0.717, 1.165) is 0 Å². The molecule has 1 rings (SSSR count). The first-order valence-electron chi connectivity index (χ1n) is 10.6. The molecule has 1 aromatic carbocycles. The van der Waals surface area contributed by atoms with Crippen molar-refractivity contribution in [1.82, 2.24) is 16.0 Å². The monoisotopic (exact) mass is 510 g/mol. The number of benzene rings is 1. The number of carboxylic acids is 1. The topological polar surface area (TPSA) is 237 Å². The second kappa shape index (κ2) is 14.6. The van der Waals surface area contributed by atoms with E-state index >= 15 is 0 Å². The molecule has 10 N–H and O–H groups in total. The van der Waals surface area contributed by atoms with E-state index in [4.69, 9.17) is 22.3 Å². The third kappa shape index (κ3) is 10.9. The molecule has 1 aromatic rings. The van der Waals surface area contributed by atoms with E-state index in [1.165, 1.54) is 0 Å². The van der Waals surface area contributed by atoms with Crippen molar-refractivity contribution in [3.63, 3.8) is 0 Å². The van der Waals surface area contributed by atoms with E-state index < -0.39 is 66.1 Å². The van der Waals surface area contributed by atoms with Gasteiger partial charge in [0.05, 0.1) is 12.5 Å². The van der Waals surface area contributed by atoms with Gasteiger partial charge in [0.15, 0.2) is 0 Å². The van der Waals surface area contributed by atoms with Gasteiger partial charge in [-0.2, -0.15) is 12.6 Å². The quantitative estimate of drug-likeness (QED) is 0.114. The van der Waals surface area contributed by atoms with Crippen LogP contribution in [0.4, 0.5) is 0 Å². The fourth-order valence-electron chi connectivity index (χ4n) is 2.91. The van der Waals surface area contributed by atoms with Gasteiger partial charge < -0.3 is 38.3 Å². The van der Waals surface area contributed by atoms with E-state index in [1.54, 1.807) is 30.3 Å². The minimum atomic E-state index is -1.51. The number of carbonyl (C=O) groups is 6. The number of amides is 5. The smallest absolute Gasteiger partial charge is 0.327 e. The van der Waals surface area contributed by atoms with Gasteiger partial charge in [-0.3, -0.25) is 24.0 Å². The molecule has 4 atom stereocenters. The summed E-state index contributed by atoms with van der Waals surface area (Å²) in [6.45, 7) is 0. The molecule has 14 heteroatoms. The van der Waals surface area contributed by atoms with Crippen molar-refractivity contribution < 1.29 is 33.9 Å². The first kappa shape index (κ1) is 29.4. The summed E-state index contributed by atoms with van der Waals surface area (Å²) in [5, 5.41) is 16.1. The second-order valence-corrected chi connectivity index (χ2v) is 8.04. The highest BCUT2D eigenvalue weighted by Crippen LogP contribution is 2.06. The number of primary amides is 2. The molecule has 0 saturated carbocycles. The number of thiol groups is 1. The number of nitrogens with one attached hydrogen (secondary N) is 3. The van der Waals surface area contributed by atoms with Gasteiger partial charge in [-0.15, -0.1) is 0 Å². The lowest BCUT2D eigenvalue weighted by molar-refractivity contribution is -0.141. The molecule has 5 amide bonds. The number of hydrogen-bond donors (Lipinski definition) is 8. The minimum Gasteiger partial charge on any atom is -0.480 e. The fourth-order valence-corrected chi connectivity index (χ4v) is 3.15. The molecular formula is C21H30N6O7S. The van der Waals surface area contributed by atoms with Gasteiger partial charge >= 0.3 is 5.97 Å². The van der Waals surface area contributed by atoms with E-state index in [9.17, 15) is 28.8 Å². The molecule has 0 spiro atoms. The summed E-state index contributed by atoms with van der Waals surface area (Å²) in [6, 6.07) is 3.35. The average molecular weight is 511 g/mol. The highest BCUT2D eigenvalue weighted by molar-refractivity contribution is 7.80. The molecule has 0 aliphatic rings. The summed E-state index contributed by atoms with van der Waals surface area (Å²) < 4.78 is 0. The number of hydrogen-bond acceptors (Lipinski definition) is 8. The van der Waals surface area contributed by atoms with Crippen LogP contribution in [0.25, 0.3) is 0 Å². The molecule has 4 unspecified atom stereocenters. The molecular weight excluding hydrogens is 480 g/mol. The molecule has 0 aromatic heterocycles. The van der Waals surface area contributed by atoms with Crippen LogP contribution in [0, 0.1) is 0 Å². The van der Waals surface area contributed by atoms with Gasteiger partial charge in [0.25, 0.3) is 0 Å². The standard InChI is InChI=1S/C21H30N6O7S/c22-12(6-7-16(23)28)18(30)25-13(8-11-4-2-1-3-5-11)19(31)26-14(9-17(24)29)20(32)27-15(10-35)21(33)34/h1-5,12-15,35H,6-10,22H2,(H2,23,28)(H2,24,29)(H,25,30)(H,26,31)(H,27,32)(H,33,34). The van der Waals surface area contributed by atoms with Crippen LogP contribution >= 0.6 is 12.6 Å². The Balaban J connectivity index is 3.07. The third-order valence-corrected chi connectivity index (χ3v) is 5.15. The predicted molar refractivity (Wildman–Crippen MR) is 128 cm³/mol. The first-order valence-corrected chi connectivity index (χ1v) is 11.2. The fraction of sp³-hybridized carbons (Fsp3) is 0.429. The molecule has 0 bridgehead atoms. The molecule has 0 aliphatic carbocycles. The van der Waals surface area contributed by atoms with Crippen LogP contribution in [0.3, 0.4) is 0 Å². The summed E-state index contributed by atoms with van der Waals surface area (Å²) in [5.74, 6) is -5.73. The van der Waals surface area contributed by atoms with Crippen molar-refractivity contribution in [3.8, 4) is 0 Å². The predicted octanol–water partition coefficient (Wildman–Crippen LogP) is -2.83. The van der Waals surface area contributed by atoms with Gasteiger partial charge in [-0.05, 0) is 12.0 Å². The third-order valence-electron chi connectivity index (χ3n) is 4.79. The molecule has 0 fully saturated rings. The van der Waals surface area contributed by atoms with Crippen LogP contribution in [-0.4, -0.2) is 70.5 Å². The first-order chi connectivity index (χ1) is 16.4. The van der Waals surface area contributed by atoms with E-state index in [0.29, 0.717) is 5.56 Å². The van der Waals surface area contributed by atoms with Crippen LogP contribution < -0.4 is 33.2 Å². The van der Waals surface area contributed by atoms with Crippen molar-refractivity contribution in [3.05, 3.63) is 35.9 Å². The summed E-state index contributed by atoms with van der Waals surface area (Å²) >= 11 is 3.85. The van der Waals surface area contributed by atoms with Crippen LogP contribution in [-0.2, 0) is 35.2 Å². The summed E-state index contributed by atoms with van der Waals surface area (Å²) in [5.41, 5.74) is 16.7. The number of carboxylic acid groups (broad SMARTS) is 1. The Bertz CT molecular complexity index is 930. The Kier molecular flexibility index (Phi) is 12.2. The molecule has 0 heterocycles. The maximum Gasteiger partial charge on any atom is 0.327 e. The van der Waals surface area contributed by atoms with Crippen molar-refractivity contribution in [2.45, 2.75) is 49.9 Å². The number of aliphatic carboxylic acids is 1. The normalized spacial score (nSPS) is 14.0. The Labute approximate surface area is 206 Å². The van der Waals surface area contributed by atoms with Gasteiger partial charge in [0.1, 0.15) is 18.1 Å². The minimum absolute atomic E-state index is 0.000252. The number of carbonyl (C=O) groups excluding carboxylic acids is 5. The molecule has 0 radical (unpaired) electrons. The van der Waals surface area contributed by atoms with Crippen LogP contribution in [0.1, 0.15) is 24.8 Å². The number of nitrogens with two attached hydrogens (primary N) is 3. The lowest BCUT2D eigenvalue weighted by atomic mass is 10.0. The largest absolute Gasteiger partial charge is 0.480 e. The van der Waals surface area contributed by atoms with Crippen molar-refractivity contribution in [2.75, 3.05) is 5.75 Å². The average Bonchev–Trinajstić information content (AvgIpc) is 2.79. The Morgan fingerprint density at radius 3 is 1.89 bits per heavy atom. The van der Waals surface area contributed by atoms with Gasteiger partial charge in [-0.25, -0.2) is 4.79 Å². The molecule has 192 valence electrons. The summed E-state index contributed by atoms with van der Waals surface area (Å²) in [7, 11) is 0. The zero-order valence-corrected chi connectivity index (χ0v) is 19.7. The highest BCUT2D eigenvalue weighted by Gasteiger charge is 2.31. The zero-order chi connectivity index (χ0) is 26.5. The van der Waals surface area contributed by atoms with E-state index in [-0.39, 0.29) is 25.0 Å². The Morgan fingerprint density at radius 1 is 0.829 bits per heavy atom.